The number of hydrogen-bond donors (Lipinski definition) is 1. The Morgan fingerprint density at radius 3 is 2.57 bits per heavy atom. The van der Waals surface area contributed by atoms with Gasteiger partial charge < -0.3 is 10.1 Å². The molecule has 3 fully saturated rings. The Morgan fingerprint density at radius 1 is 1.00 bits per heavy atom. The highest BCUT2D eigenvalue weighted by atomic mass is 16.5. The predicted molar refractivity (Wildman–Crippen MR) is 85.3 cm³/mol. The molecule has 0 radical (unpaired) electrons. The zero-order chi connectivity index (χ0) is 14.1. The van der Waals surface area contributed by atoms with E-state index in [1.54, 1.807) is 5.56 Å². The van der Waals surface area contributed by atoms with E-state index in [4.69, 9.17) is 4.74 Å². The third-order valence-electron chi connectivity index (χ3n) is 6.03. The number of fused-ring (bicyclic) bond motifs is 1. The average molecular weight is 285 g/mol. The Morgan fingerprint density at radius 2 is 1.81 bits per heavy atom. The van der Waals surface area contributed by atoms with E-state index >= 15 is 0 Å². The zero-order valence-electron chi connectivity index (χ0n) is 12.8. The normalized spacial score (nSPS) is 38.8. The molecule has 21 heavy (non-hydrogen) atoms. The van der Waals surface area contributed by atoms with Gasteiger partial charge in [0.15, 0.2) is 0 Å². The smallest absolute Gasteiger partial charge is 0.0507 e. The fraction of sp³-hybridized carbons (Fsp3) is 0.684. The summed E-state index contributed by atoms with van der Waals surface area (Å²) in [5, 5.41) is 3.93. The van der Waals surface area contributed by atoms with E-state index in [1.807, 2.05) is 0 Å². The first-order chi connectivity index (χ1) is 10.4. The molecule has 4 rings (SSSR count). The summed E-state index contributed by atoms with van der Waals surface area (Å²) in [4.78, 5) is 0. The van der Waals surface area contributed by atoms with Gasteiger partial charge in [0.25, 0.3) is 0 Å². The van der Waals surface area contributed by atoms with Crippen molar-refractivity contribution in [2.45, 2.75) is 44.1 Å². The SMILES string of the molecule is c1ccc([C@H]2[C@H]3CCCC[C@H]3[C@@H]2NC[C@@H]2CCOC2)cc1. The van der Waals surface area contributed by atoms with Crippen molar-refractivity contribution in [2.75, 3.05) is 19.8 Å². The second-order valence-corrected chi connectivity index (χ2v) is 7.21. The molecule has 0 spiro atoms. The lowest BCUT2D eigenvalue weighted by Crippen LogP contribution is -2.58. The molecule has 1 N–H and O–H groups in total. The molecule has 0 bridgehead atoms. The van der Waals surface area contributed by atoms with Crippen LogP contribution in [0.5, 0.6) is 0 Å². The fourth-order valence-corrected chi connectivity index (χ4v) is 4.92. The van der Waals surface area contributed by atoms with Crippen LogP contribution in [-0.4, -0.2) is 25.8 Å². The summed E-state index contributed by atoms with van der Waals surface area (Å²) in [6.45, 7) is 3.08. The summed E-state index contributed by atoms with van der Waals surface area (Å²) >= 11 is 0. The van der Waals surface area contributed by atoms with E-state index in [9.17, 15) is 0 Å². The average Bonchev–Trinajstić information content (AvgIpc) is 3.03. The van der Waals surface area contributed by atoms with Crippen LogP contribution in [0.1, 0.15) is 43.6 Å². The molecule has 5 atom stereocenters. The predicted octanol–water partition coefficient (Wildman–Crippen LogP) is 3.58. The quantitative estimate of drug-likeness (QED) is 0.913. The standard InChI is InChI=1S/C19H27NO/c1-2-6-15(7-3-1)18-16-8-4-5-9-17(16)19(18)20-12-14-10-11-21-13-14/h1-3,6-7,14,16-20H,4-5,8-13H2/t14-,16-,17+,18-,19-/m0/s1. The van der Waals surface area contributed by atoms with Crippen molar-refractivity contribution in [3.8, 4) is 0 Å². The molecular weight excluding hydrogens is 258 g/mol. The first kappa shape index (κ1) is 13.8. The second-order valence-electron chi connectivity index (χ2n) is 7.21. The van der Waals surface area contributed by atoms with Crippen molar-refractivity contribution in [1.29, 1.82) is 0 Å². The van der Waals surface area contributed by atoms with E-state index < -0.39 is 0 Å². The van der Waals surface area contributed by atoms with Crippen molar-refractivity contribution in [1.82, 2.24) is 5.32 Å². The number of nitrogens with one attached hydrogen (secondary N) is 1. The van der Waals surface area contributed by atoms with Crippen LogP contribution < -0.4 is 5.32 Å². The Kier molecular flexibility index (Phi) is 4.00. The largest absolute Gasteiger partial charge is 0.381 e. The topological polar surface area (TPSA) is 21.3 Å². The van der Waals surface area contributed by atoms with E-state index in [-0.39, 0.29) is 0 Å². The third kappa shape index (κ3) is 2.64. The van der Waals surface area contributed by atoms with E-state index in [2.05, 4.69) is 35.6 Å². The summed E-state index contributed by atoms with van der Waals surface area (Å²) < 4.78 is 5.52. The molecule has 2 heteroatoms. The minimum Gasteiger partial charge on any atom is -0.381 e. The van der Waals surface area contributed by atoms with Gasteiger partial charge in [-0.3, -0.25) is 0 Å². The van der Waals surface area contributed by atoms with Crippen LogP contribution in [0.4, 0.5) is 0 Å². The Hall–Kier alpha value is -0.860. The van der Waals surface area contributed by atoms with Crippen molar-refractivity contribution in [3.05, 3.63) is 35.9 Å². The van der Waals surface area contributed by atoms with Gasteiger partial charge in [-0.25, -0.2) is 0 Å². The summed E-state index contributed by atoms with van der Waals surface area (Å²) in [5.74, 6) is 3.34. The Labute approximate surface area is 128 Å². The first-order valence-electron chi connectivity index (χ1n) is 8.79. The van der Waals surface area contributed by atoms with Gasteiger partial charge in [0, 0.05) is 25.1 Å². The molecule has 1 aromatic carbocycles. The highest BCUT2D eigenvalue weighted by Gasteiger charge is 2.50. The van der Waals surface area contributed by atoms with Crippen molar-refractivity contribution < 1.29 is 4.74 Å². The molecular formula is C19H27NO. The maximum absolute atomic E-state index is 5.52. The Balaban J connectivity index is 1.46. The van der Waals surface area contributed by atoms with Crippen LogP contribution in [0.2, 0.25) is 0 Å². The number of hydrogen-bond acceptors (Lipinski definition) is 2. The minimum absolute atomic E-state index is 0.707. The molecule has 1 aliphatic heterocycles. The summed E-state index contributed by atoms with van der Waals surface area (Å²) in [7, 11) is 0. The molecule has 1 aromatic rings. The zero-order valence-corrected chi connectivity index (χ0v) is 12.8. The van der Waals surface area contributed by atoms with Gasteiger partial charge >= 0.3 is 0 Å². The molecule has 2 saturated carbocycles. The van der Waals surface area contributed by atoms with Gasteiger partial charge in [-0.2, -0.15) is 0 Å². The third-order valence-corrected chi connectivity index (χ3v) is 6.03. The van der Waals surface area contributed by atoms with E-state index in [0.29, 0.717) is 6.04 Å². The van der Waals surface area contributed by atoms with Crippen molar-refractivity contribution in [2.24, 2.45) is 17.8 Å². The minimum atomic E-state index is 0.707. The lowest BCUT2D eigenvalue weighted by atomic mass is 9.53. The number of ether oxygens (including phenoxy) is 1. The second kappa shape index (κ2) is 6.10. The summed E-state index contributed by atoms with van der Waals surface area (Å²) in [5.41, 5.74) is 1.56. The van der Waals surface area contributed by atoms with Crippen molar-refractivity contribution >= 4 is 0 Å². The van der Waals surface area contributed by atoms with Gasteiger partial charge in [-0.15, -0.1) is 0 Å². The highest BCUT2D eigenvalue weighted by molar-refractivity contribution is 5.28. The van der Waals surface area contributed by atoms with Crippen molar-refractivity contribution in [3.63, 3.8) is 0 Å². The van der Waals surface area contributed by atoms with Crippen LogP contribution in [0.15, 0.2) is 30.3 Å². The molecule has 0 aromatic heterocycles. The molecule has 2 nitrogen and oxygen atoms in total. The Bertz CT molecular complexity index is 454. The molecule has 2 aliphatic carbocycles. The van der Waals surface area contributed by atoms with E-state index in [0.717, 1.165) is 43.4 Å². The molecule has 3 aliphatic rings. The van der Waals surface area contributed by atoms with Crippen LogP contribution in [0, 0.1) is 17.8 Å². The lowest BCUT2D eigenvalue weighted by molar-refractivity contribution is 0.0240. The number of rotatable bonds is 4. The highest BCUT2D eigenvalue weighted by Crippen LogP contribution is 2.54. The molecule has 114 valence electrons. The molecule has 1 heterocycles. The van der Waals surface area contributed by atoms with Gasteiger partial charge in [0.2, 0.25) is 0 Å². The summed E-state index contributed by atoms with van der Waals surface area (Å²) in [6, 6.07) is 11.9. The van der Waals surface area contributed by atoms with Crippen LogP contribution in [0.25, 0.3) is 0 Å². The van der Waals surface area contributed by atoms with Crippen LogP contribution >= 0.6 is 0 Å². The maximum Gasteiger partial charge on any atom is 0.0507 e. The molecule has 1 saturated heterocycles. The summed E-state index contributed by atoms with van der Waals surface area (Å²) in [6.07, 6.45) is 6.99. The van der Waals surface area contributed by atoms with Crippen LogP contribution in [0.3, 0.4) is 0 Å². The monoisotopic (exact) mass is 285 g/mol. The molecule has 0 amide bonds. The fourth-order valence-electron chi connectivity index (χ4n) is 4.92. The van der Waals surface area contributed by atoms with Crippen LogP contribution in [-0.2, 0) is 4.74 Å². The van der Waals surface area contributed by atoms with Gasteiger partial charge in [-0.05, 0) is 42.6 Å². The van der Waals surface area contributed by atoms with Gasteiger partial charge in [0.1, 0.15) is 0 Å². The lowest BCUT2D eigenvalue weighted by Gasteiger charge is -2.55. The maximum atomic E-state index is 5.52. The number of benzene rings is 1. The first-order valence-corrected chi connectivity index (χ1v) is 8.79. The van der Waals surface area contributed by atoms with Gasteiger partial charge in [0.05, 0.1) is 6.61 Å². The van der Waals surface area contributed by atoms with E-state index in [1.165, 1.54) is 32.1 Å². The van der Waals surface area contributed by atoms with Gasteiger partial charge in [-0.1, -0.05) is 43.2 Å². The molecule has 0 unspecified atom stereocenters.